The van der Waals surface area contributed by atoms with Crippen LogP contribution in [0.3, 0.4) is 0 Å². The van der Waals surface area contributed by atoms with Gasteiger partial charge in [0.25, 0.3) is 0 Å². The van der Waals surface area contributed by atoms with Gasteiger partial charge in [0, 0.05) is 25.6 Å². The fourth-order valence-corrected chi connectivity index (χ4v) is 4.69. The van der Waals surface area contributed by atoms with Crippen LogP contribution in [0.4, 0.5) is 0 Å². The minimum Gasteiger partial charge on any atom is -0.352 e. The molecular weight excluding hydrogens is 430 g/mol. The Morgan fingerprint density at radius 2 is 1.62 bits per heavy atom. The SMILES string of the molecule is CC[C@H](C(=O)N[C@@H](C)CC)N(Cc1ccc(C)cc1)C(=O)CCN1C(=O)[C@H]2CC=CC[C@H]2C1=O. The summed E-state index contributed by atoms with van der Waals surface area (Å²) in [5, 5.41) is 3.00. The zero-order chi connectivity index (χ0) is 24.8. The molecule has 0 unspecified atom stereocenters. The third kappa shape index (κ3) is 5.75. The van der Waals surface area contributed by atoms with Crippen LogP contribution in [0, 0.1) is 18.8 Å². The Morgan fingerprint density at radius 1 is 1.03 bits per heavy atom. The highest BCUT2D eigenvalue weighted by molar-refractivity contribution is 6.05. The summed E-state index contributed by atoms with van der Waals surface area (Å²) in [6.45, 7) is 8.17. The second-order valence-electron chi connectivity index (χ2n) is 9.48. The van der Waals surface area contributed by atoms with E-state index in [1.165, 1.54) is 4.90 Å². The Balaban J connectivity index is 1.75. The molecule has 1 aliphatic heterocycles. The first-order valence-electron chi connectivity index (χ1n) is 12.4. The van der Waals surface area contributed by atoms with Gasteiger partial charge < -0.3 is 10.2 Å². The van der Waals surface area contributed by atoms with Gasteiger partial charge in [-0.25, -0.2) is 0 Å². The Hall–Kier alpha value is -2.96. The molecule has 3 rings (SSSR count). The summed E-state index contributed by atoms with van der Waals surface area (Å²) in [5.74, 6) is -1.39. The normalized spacial score (nSPS) is 21.2. The molecule has 1 saturated heterocycles. The van der Waals surface area contributed by atoms with Crippen LogP contribution in [0.1, 0.15) is 64.0 Å². The molecule has 1 aromatic carbocycles. The summed E-state index contributed by atoms with van der Waals surface area (Å²) >= 11 is 0. The molecule has 7 heteroatoms. The van der Waals surface area contributed by atoms with E-state index in [4.69, 9.17) is 0 Å². The van der Waals surface area contributed by atoms with Crippen LogP contribution < -0.4 is 5.32 Å². The number of carbonyl (C=O) groups is 4. The number of hydrogen-bond donors (Lipinski definition) is 1. The largest absolute Gasteiger partial charge is 0.352 e. The lowest BCUT2D eigenvalue weighted by atomic mass is 9.85. The lowest BCUT2D eigenvalue weighted by molar-refractivity contribution is -0.144. The molecule has 0 aromatic heterocycles. The average molecular weight is 468 g/mol. The third-order valence-electron chi connectivity index (χ3n) is 7.01. The van der Waals surface area contributed by atoms with Crippen LogP contribution in [0.2, 0.25) is 0 Å². The molecular formula is C27H37N3O4. The van der Waals surface area contributed by atoms with Crippen molar-refractivity contribution in [3.8, 4) is 0 Å². The molecule has 1 fully saturated rings. The standard InChI is InChI=1S/C27H37N3O4/c1-5-19(4)28-25(32)23(6-2)30(17-20-13-11-18(3)12-14-20)24(31)15-16-29-26(33)21-9-7-8-10-22(21)27(29)34/h7-8,11-14,19,21-23H,5-6,9-10,15-17H2,1-4H3,(H,28,32)/t19-,21-,22+,23+/m0/s1. The van der Waals surface area contributed by atoms with E-state index in [2.05, 4.69) is 5.32 Å². The van der Waals surface area contributed by atoms with Crippen molar-refractivity contribution >= 4 is 23.6 Å². The van der Waals surface area contributed by atoms with Gasteiger partial charge in [0.15, 0.2) is 0 Å². The monoisotopic (exact) mass is 467 g/mol. The van der Waals surface area contributed by atoms with Gasteiger partial charge in [-0.1, -0.05) is 55.8 Å². The molecule has 0 spiro atoms. The maximum atomic E-state index is 13.4. The predicted octanol–water partition coefficient (Wildman–Crippen LogP) is 3.36. The number of rotatable bonds is 10. The first-order chi connectivity index (χ1) is 16.3. The number of aryl methyl sites for hydroxylation is 1. The summed E-state index contributed by atoms with van der Waals surface area (Å²) in [7, 11) is 0. The predicted molar refractivity (Wildman–Crippen MR) is 130 cm³/mol. The van der Waals surface area contributed by atoms with Gasteiger partial charge in [-0.05, 0) is 45.1 Å². The Kier molecular flexibility index (Phi) is 8.64. The fourth-order valence-electron chi connectivity index (χ4n) is 4.69. The van der Waals surface area contributed by atoms with Crippen LogP contribution in [0.25, 0.3) is 0 Å². The molecule has 0 radical (unpaired) electrons. The van der Waals surface area contributed by atoms with E-state index in [0.717, 1.165) is 17.5 Å². The second kappa shape index (κ2) is 11.4. The lowest BCUT2D eigenvalue weighted by Gasteiger charge is -2.32. The quantitative estimate of drug-likeness (QED) is 0.422. The van der Waals surface area contributed by atoms with Gasteiger partial charge >= 0.3 is 0 Å². The molecule has 1 aliphatic carbocycles. The van der Waals surface area contributed by atoms with Crippen LogP contribution in [0.5, 0.6) is 0 Å². The minimum absolute atomic E-state index is 0.00329. The van der Waals surface area contributed by atoms with Crippen molar-refractivity contribution in [2.75, 3.05) is 6.54 Å². The Labute approximate surface area is 202 Å². The Morgan fingerprint density at radius 3 is 2.15 bits per heavy atom. The summed E-state index contributed by atoms with van der Waals surface area (Å²) < 4.78 is 0. The van der Waals surface area contributed by atoms with E-state index < -0.39 is 6.04 Å². The average Bonchev–Trinajstić information content (AvgIpc) is 3.08. The van der Waals surface area contributed by atoms with Gasteiger partial charge in [0.05, 0.1) is 11.8 Å². The van der Waals surface area contributed by atoms with E-state index >= 15 is 0 Å². The van der Waals surface area contributed by atoms with E-state index in [1.54, 1.807) is 4.90 Å². The first-order valence-corrected chi connectivity index (χ1v) is 12.4. The smallest absolute Gasteiger partial charge is 0.243 e. The number of amides is 4. The molecule has 1 aromatic rings. The summed E-state index contributed by atoms with van der Waals surface area (Å²) in [5.41, 5.74) is 2.05. The highest BCUT2D eigenvalue weighted by Gasteiger charge is 2.47. The summed E-state index contributed by atoms with van der Waals surface area (Å²) in [4.78, 5) is 54.9. The van der Waals surface area contributed by atoms with Crippen molar-refractivity contribution in [1.29, 1.82) is 0 Å². The van der Waals surface area contributed by atoms with E-state index in [1.807, 2.05) is 64.1 Å². The van der Waals surface area contributed by atoms with Crippen molar-refractivity contribution < 1.29 is 19.2 Å². The van der Waals surface area contributed by atoms with Crippen molar-refractivity contribution in [2.24, 2.45) is 11.8 Å². The van der Waals surface area contributed by atoms with Gasteiger partial charge in [-0.3, -0.25) is 24.1 Å². The molecule has 4 amide bonds. The molecule has 34 heavy (non-hydrogen) atoms. The van der Waals surface area contributed by atoms with Crippen molar-refractivity contribution in [3.05, 3.63) is 47.5 Å². The number of allylic oxidation sites excluding steroid dienone is 2. The molecule has 4 atom stereocenters. The maximum Gasteiger partial charge on any atom is 0.243 e. The molecule has 184 valence electrons. The zero-order valence-electron chi connectivity index (χ0n) is 20.8. The van der Waals surface area contributed by atoms with Gasteiger partial charge in [-0.2, -0.15) is 0 Å². The number of nitrogens with one attached hydrogen (secondary N) is 1. The molecule has 7 nitrogen and oxygen atoms in total. The van der Waals surface area contributed by atoms with E-state index in [0.29, 0.717) is 25.8 Å². The van der Waals surface area contributed by atoms with Gasteiger partial charge in [0.2, 0.25) is 23.6 Å². The number of hydrogen-bond acceptors (Lipinski definition) is 4. The highest BCUT2D eigenvalue weighted by Crippen LogP contribution is 2.35. The minimum atomic E-state index is -0.625. The summed E-state index contributed by atoms with van der Waals surface area (Å²) in [6, 6.07) is 7.26. The molecule has 1 heterocycles. The fraction of sp³-hybridized carbons (Fsp3) is 0.556. The molecule has 1 N–H and O–H groups in total. The first kappa shape index (κ1) is 25.7. The van der Waals surface area contributed by atoms with Crippen LogP contribution in [-0.2, 0) is 25.7 Å². The maximum absolute atomic E-state index is 13.4. The number of carbonyl (C=O) groups excluding carboxylic acids is 4. The molecule has 0 bridgehead atoms. The Bertz CT molecular complexity index is 914. The van der Waals surface area contributed by atoms with Crippen LogP contribution >= 0.6 is 0 Å². The van der Waals surface area contributed by atoms with Crippen molar-refractivity contribution in [2.45, 2.75) is 78.4 Å². The number of benzene rings is 1. The number of likely N-dealkylation sites (tertiary alicyclic amines) is 1. The highest BCUT2D eigenvalue weighted by atomic mass is 16.2. The lowest BCUT2D eigenvalue weighted by Crippen LogP contribution is -2.51. The third-order valence-corrected chi connectivity index (χ3v) is 7.01. The van der Waals surface area contributed by atoms with Crippen molar-refractivity contribution in [1.82, 2.24) is 15.1 Å². The van der Waals surface area contributed by atoms with Gasteiger partial charge in [0.1, 0.15) is 6.04 Å². The molecule has 2 aliphatic rings. The number of fused-ring (bicyclic) bond motifs is 1. The van der Waals surface area contributed by atoms with E-state index in [9.17, 15) is 19.2 Å². The zero-order valence-corrected chi connectivity index (χ0v) is 20.8. The number of imide groups is 1. The molecule has 0 saturated carbocycles. The van der Waals surface area contributed by atoms with Gasteiger partial charge in [-0.15, -0.1) is 0 Å². The van der Waals surface area contributed by atoms with Crippen LogP contribution in [-0.4, -0.2) is 52.1 Å². The van der Waals surface area contributed by atoms with E-state index in [-0.39, 0.29) is 54.5 Å². The second-order valence-corrected chi connectivity index (χ2v) is 9.48. The van der Waals surface area contributed by atoms with Crippen LogP contribution in [0.15, 0.2) is 36.4 Å². The topological polar surface area (TPSA) is 86.8 Å². The van der Waals surface area contributed by atoms with Crippen molar-refractivity contribution in [3.63, 3.8) is 0 Å². The summed E-state index contributed by atoms with van der Waals surface area (Å²) in [6.07, 6.45) is 6.32. The number of nitrogens with zero attached hydrogens (tertiary/aromatic N) is 2.